The fraction of sp³-hybridized carbons (Fsp3) is 0.333. The van der Waals surface area contributed by atoms with Crippen molar-refractivity contribution in [1.82, 2.24) is 14.5 Å². The number of carbonyl (C=O) groups excluding carboxylic acids is 1. The Kier molecular flexibility index (Phi) is 5.06. The van der Waals surface area contributed by atoms with Crippen LogP contribution in [0.4, 0.5) is 0 Å². The van der Waals surface area contributed by atoms with E-state index in [0.29, 0.717) is 17.7 Å². The Labute approximate surface area is 163 Å². The number of aryl methyl sites for hydroxylation is 1. The quantitative estimate of drug-likeness (QED) is 0.803. The maximum absolute atomic E-state index is 12.9. The van der Waals surface area contributed by atoms with Crippen LogP contribution in [0.15, 0.2) is 61.1 Å². The Morgan fingerprint density at radius 1 is 1.18 bits per heavy atom. The van der Waals surface area contributed by atoms with E-state index in [9.17, 15) is 15.0 Å². The Balaban J connectivity index is 1.60. The SMILES string of the molecule is O=C1C(O)=C(c2ccc(O)cc2)C(C2CCC=CO2)N1CCCn1ccnc1. The Bertz CT molecular complexity index is 887. The van der Waals surface area contributed by atoms with Crippen LogP contribution in [-0.4, -0.2) is 49.3 Å². The molecule has 2 aliphatic heterocycles. The van der Waals surface area contributed by atoms with Crippen molar-refractivity contribution in [3.8, 4) is 5.75 Å². The number of phenols is 1. The minimum absolute atomic E-state index is 0.138. The highest BCUT2D eigenvalue weighted by atomic mass is 16.5. The van der Waals surface area contributed by atoms with Crippen LogP contribution in [0.25, 0.3) is 5.57 Å². The molecule has 1 aromatic heterocycles. The van der Waals surface area contributed by atoms with Crippen molar-refractivity contribution < 1.29 is 19.7 Å². The summed E-state index contributed by atoms with van der Waals surface area (Å²) < 4.78 is 7.79. The smallest absolute Gasteiger partial charge is 0.289 e. The van der Waals surface area contributed by atoms with Gasteiger partial charge in [-0.25, -0.2) is 4.98 Å². The summed E-state index contributed by atoms with van der Waals surface area (Å²) in [7, 11) is 0. The molecule has 2 N–H and O–H groups in total. The highest BCUT2D eigenvalue weighted by Gasteiger charge is 2.44. The highest BCUT2D eigenvalue weighted by Crippen LogP contribution is 2.38. The van der Waals surface area contributed by atoms with Gasteiger partial charge >= 0.3 is 0 Å². The van der Waals surface area contributed by atoms with Gasteiger partial charge in [0, 0.05) is 31.1 Å². The molecule has 0 saturated carbocycles. The van der Waals surface area contributed by atoms with Crippen LogP contribution in [0.5, 0.6) is 5.75 Å². The van der Waals surface area contributed by atoms with Gasteiger partial charge in [0.25, 0.3) is 5.91 Å². The fourth-order valence-corrected chi connectivity index (χ4v) is 3.88. The number of rotatable bonds is 6. The van der Waals surface area contributed by atoms with Crippen molar-refractivity contribution in [3.05, 3.63) is 66.6 Å². The number of ether oxygens (including phenoxy) is 1. The summed E-state index contributed by atoms with van der Waals surface area (Å²) in [4.78, 5) is 18.6. The lowest BCUT2D eigenvalue weighted by atomic mass is 9.92. The number of benzene rings is 1. The molecule has 0 aliphatic carbocycles. The second kappa shape index (κ2) is 7.80. The predicted molar refractivity (Wildman–Crippen MR) is 103 cm³/mol. The highest BCUT2D eigenvalue weighted by molar-refractivity contribution is 6.05. The second-order valence-corrected chi connectivity index (χ2v) is 7.03. The Morgan fingerprint density at radius 2 is 2.00 bits per heavy atom. The molecular formula is C21H23N3O4. The second-order valence-electron chi connectivity index (χ2n) is 7.03. The van der Waals surface area contributed by atoms with Gasteiger partial charge in [-0.15, -0.1) is 0 Å². The lowest BCUT2D eigenvalue weighted by Crippen LogP contribution is -2.45. The summed E-state index contributed by atoms with van der Waals surface area (Å²) in [5.41, 5.74) is 1.27. The first-order valence-corrected chi connectivity index (χ1v) is 9.45. The molecule has 0 spiro atoms. The molecule has 1 aromatic carbocycles. The summed E-state index contributed by atoms with van der Waals surface area (Å²) in [5.74, 6) is -0.480. The van der Waals surface area contributed by atoms with Crippen LogP contribution in [0.3, 0.4) is 0 Å². The average Bonchev–Trinajstić information content (AvgIpc) is 3.32. The molecule has 4 rings (SSSR count). The molecule has 0 radical (unpaired) electrons. The zero-order valence-corrected chi connectivity index (χ0v) is 15.4. The molecule has 0 fully saturated rings. The molecule has 7 heteroatoms. The molecule has 0 saturated heterocycles. The number of amides is 1. The summed E-state index contributed by atoms with van der Waals surface area (Å²) in [6.07, 6.45) is 11.1. The molecule has 28 heavy (non-hydrogen) atoms. The van der Waals surface area contributed by atoms with Gasteiger partial charge in [0.1, 0.15) is 11.9 Å². The van der Waals surface area contributed by atoms with E-state index in [0.717, 1.165) is 25.8 Å². The first-order chi connectivity index (χ1) is 13.6. The van der Waals surface area contributed by atoms with Crippen molar-refractivity contribution in [3.63, 3.8) is 0 Å². The van der Waals surface area contributed by atoms with Gasteiger partial charge < -0.3 is 24.4 Å². The maximum Gasteiger partial charge on any atom is 0.289 e. The van der Waals surface area contributed by atoms with Crippen molar-refractivity contribution >= 4 is 11.5 Å². The molecular weight excluding hydrogens is 358 g/mol. The number of aromatic hydroxyl groups is 1. The first kappa shape index (κ1) is 18.2. The number of aliphatic hydroxyl groups excluding tert-OH is 1. The van der Waals surface area contributed by atoms with Crippen LogP contribution in [0.2, 0.25) is 0 Å². The number of phenolic OH excluding ortho intramolecular Hbond substituents is 1. The molecule has 2 aliphatic rings. The lowest BCUT2D eigenvalue weighted by molar-refractivity contribution is -0.131. The number of nitrogens with zero attached hydrogens (tertiary/aromatic N) is 3. The number of aliphatic hydroxyl groups is 1. The van der Waals surface area contributed by atoms with E-state index in [-0.39, 0.29) is 29.6 Å². The monoisotopic (exact) mass is 381 g/mol. The lowest BCUT2D eigenvalue weighted by Gasteiger charge is -2.34. The summed E-state index contributed by atoms with van der Waals surface area (Å²) in [6, 6.07) is 6.18. The third kappa shape index (κ3) is 3.47. The number of aromatic nitrogens is 2. The molecule has 0 bridgehead atoms. The van der Waals surface area contributed by atoms with Gasteiger partial charge in [0.15, 0.2) is 5.76 Å². The van der Waals surface area contributed by atoms with E-state index < -0.39 is 0 Å². The number of allylic oxidation sites excluding steroid dienone is 1. The standard InChI is InChI=1S/C21H23N3O4/c25-16-7-5-15(6-8-16)18-19(17-4-1-2-13-28-17)24(21(27)20(18)26)11-3-10-23-12-9-22-14-23/h2,5-9,12-14,17,19,25-26H,1,3-4,10-11H2. The van der Waals surface area contributed by atoms with Crippen LogP contribution in [-0.2, 0) is 16.1 Å². The van der Waals surface area contributed by atoms with Crippen molar-refractivity contribution in [2.24, 2.45) is 0 Å². The third-order valence-corrected chi connectivity index (χ3v) is 5.22. The van der Waals surface area contributed by atoms with Gasteiger partial charge in [-0.05, 0) is 43.0 Å². The molecule has 1 amide bonds. The maximum atomic E-state index is 12.9. The number of hydrogen-bond donors (Lipinski definition) is 2. The third-order valence-electron chi connectivity index (χ3n) is 5.22. The molecule has 2 aromatic rings. The Morgan fingerprint density at radius 3 is 2.68 bits per heavy atom. The van der Waals surface area contributed by atoms with E-state index in [1.54, 1.807) is 48.0 Å². The minimum Gasteiger partial charge on any atom is -0.508 e. The van der Waals surface area contributed by atoms with Gasteiger partial charge in [0.2, 0.25) is 0 Å². The van der Waals surface area contributed by atoms with Gasteiger partial charge in [-0.1, -0.05) is 12.1 Å². The zero-order valence-electron chi connectivity index (χ0n) is 15.4. The first-order valence-electron chi connectivity index (χ1n) is 9.45. The summed E-state index contributed by atoms with van der Waals surface area (Å²) in [6.45, 7) is 1.23. The van der Waals surface area contributed by atoms with Gasteiger partial charge in [-0.3, -0.25) is 4.79 Å². The fourth-order valence-electron chi connectivity index (χ4n) is 3.88. The predicted octanol–water partition coefficient (Wildman–Crippen LogP) is 2.85. The largest absolute Gasteiger partial charge is 0.508 e. The molecule has 3 heterocycles. The van der Waals surface area contributed by atoms with Crippen molar-refractivity contribution in [2.45, 2.75) is 38.0 Å². The van der Waals surface area contributed by atoms with Crippen LogP contribution < -0.4 is 0 Å². The topological polar surface area (TPSA) is 87.8 Å². The number of imidazole rings is 1. The van der Waals surface area contributed by atoms with Gasteiger partial charge in [-0.2, -0.15) is 0 Å². The van der Waals surface area contributed by atoms with E-state index in [4.69, 9.17) is 4.74 Å². The Hall–Kier alpha value is -3.22. The van der Waals surface area contributed by atoms with E-state index >= 15 is 0 Å². The van der Waals surface area contributed by atoms with Crippen molar-refractivity contribution in [2.75, 3.05) is 6.54 Å². The molecule has 146 valence electrons. The van der Waals surface area contributed by atoms with Crippen molar-refractivity contribution in [1.29, 1.82) is 0 Å². The minimum atomic E-state index is -0.378. The molecule has 2 unspecified atom stereocenters. The summed E-state index contributed by atoms with van der Waals surface area (Å²) in [5, 5.41) is 20.3. The molecule has 7 nitrogen and oxygen atoms in total. The van der Waals surface area contributed by atoms with Crippen LogP contribution in [0, 0.1) is 0 Å². The number of hydrogen-bond acceptors (Lipinski definition) is 5. The van der Waals surface area contributed by atoms with Gasteiger partial charge in [0.05, 0.1) is 18.6 Å². The number of carbonyl (C=O) groups is 1. The van der Waals surface area contributed by atoms with E-state index in [1.165, 1.54) is 0 Å². The van der Waals surface area contributed by atoms with Crippen LogP contribution in [0.1, 0.15) is 24.8 Å². The molecule has 2 atom stereocenters. The van der Waals surface area contributed by atoms with E-state index in [2.05, 4.69) is 4.98 Å². The zero-order chi connectivity index (χ0) is 19.5. The summed E-state index contributed by atoms with van der Waals surface area (Å²) >= 11 is 0. The normalized spacial score (nSPS) is 22.0. The average molecular weight is 381 g/mol. The van der Waals surface area contributed by atoms with E-state index in [1.807, 2.05) is 16.8 Å². The van der Waals surface area contributed by atoms with Crippen LogP contribution >= 0.6 is 0 Å².